The summed E-state index contributed by atoms with van der Waals surface area (Å²) in [6.07, 6.45) is 0. The molecule has 4 heteroatoms. The lowest BCUT2D eigenvalue weighted by Crippen LogP contribution is -2.53. The lowest BCUT2D eigenvalue weighted by molar-refractivity contribution is 0.0803. The van der Waals surface area contributed by atoms with Crippen LogP contribution in [0.2, 0.25) is 0 Å². The van der Waals surface area contributed by atoms with Crippen LogP contribution in [0.4, 0.5) is 0 Å². The summed E-state index contributed by atoms with van der Waals surface area (Å²) in [7, 11) is 4.00. The van der Waals surface area contributed by atoms with E-state index in [1.807, 2.05) is 25.1 Å². The fourth-order valence-corrected chi connectivity index (χ4v) is 4.83. The van der Waals surface area contributed by atoms with Crippen molar-refractivity contribution in [3.8, 4) is 11.5 Å². The van der Waals surface area contributed by atoms with Crippen molar-refractivity contribution < 1.29 is 9.47 Å². The molecule has 32 heavy (non-hydrogen) atoms. The monoisotopic (exact) mass is 430 g/mol. The van der Waals surface area contributed by atoms with Crippen molar-refractivity contribution >= 4 is 0 Å². The zero-order chi connectivity index (χ0) is 22.3. The summed E-state index contributed by atoms with van der Waals surface area (Å²) in [5, 5.41) is 0. The van der Waals surface area contributed by atoms with Gasteiger partial charge in [0.2, 0.25) is 0 Å². The summed E-state index contributed by atoms with van der Waals surface area (Å²) < 4.78 is 11.6. The molecule has 1 heterocycles. The SMILES string of the molecule is CCOc1cccc(OC)c1CN1CCN(C)C(C(c2ccccc2)c2ccccc2)C1. The predicted molar refractivity (Wildman–Crippen MR) is 131 cm³/mol. The van der Waals surface area contributed by atoms with E-state index < -0.39 is 0 Å². The van der Waals surface area contributed by atoms with Crippen molar-refractivity contribution in [1.82, 2.24) is 9.80 Å². The van der Waals surface area contributed by atoms with E-state index in [1.54, 1.807) is 7.11 Å². The number of hydrogen-bond donors (Lipinski definition) is 0. The number of likely N-dealkylation sites (N-methyl/N-ethyl adjacent to an activating group) is 1. The van der Waals surface area contributed by atoms with Gasteiger partial charge in [0.15, 0.2) is 0 Å². The Labute approximate surface area is 192 Å². The first-order valence-electron chi connectivity index (χ1n) is 11.5. The molecule has 168 valence electrons. The second-order valence-corrected chi connectivity index (χ2v) is 8.45. The Morgan fingerprint density at radius 2 is 1.47 bits per heavy atom. The third kappa shape index (κ3) is 4.98. The number of nitrogens with zero attached hydrogens (tertiary/aromatic N) is 2. The molecular formula is C28H34N2O2. The maximum absolute atomic E-state index is 5.94. The Morgan fingerprint density at radius 3 is 2.06 bits per heavy atom. The van der Waals surface area contributed by atoms with Crippen molar-refractivity contribution in [2.45, 2.75) is 25.4 Å². The van der Waals surface area contributed by atoms with Crippen LogP contribution in [0.5, 0.6) is 11.5 Å². The second-order valence-electron chi connectivity index (χ2n) is 8.45. The van der Waals surface area contributed by atoms with Crippen molar-refractivity contribution in [2.24, 2.45) is 0 Å². The van der Waals surface area contributed by atoms with Crippen LogP contribution < -0.4 is 9.47 Å². The molecule has 4 rings (SSSR count). The zero-order valence-electron chi connectivity index (χ0n) is 19.4. The van der Waals surface area contributed by atoms with E-state index in [2.05, 4.69) is 77.5 Å². The van der Waals surface area contributed by atoms with Crippen molar-refractivity contribution in [2.75, 3.05) is 40.4 Å². The van der Waals surface area contributed by atoms with Crippen LogP contribution in [0.15, 0.2) is 78.9 Å². The normalized spacial score (nSPS) is 17.4. The topological polar surface area (TPSA) is 24.9 Å². The van der Waals surface area contributed by atoms with E-state index in [1.165, 1.54) is 11.1 Å². The van der Waals surface area contributed by atoms with Gasteiger partial charge in [0.25, 0.3) is 0 Å². The molecule has 0 saturated carbocycles. The van der Waals surface area contributed by atoms with E-state index in [9.17, 15) is 0 Å². The number of hydrogen-bond acceptors (Lipinski definition) is 4. The molecule has 0 aliphatic carbocycles. The maximum Gasteiger partial charge on any atom is 0.127 e. The molecule has 0 bridgehead atoms. The molecule has 0 amide bonds. The van der Waals surface area contributed by atoms with Crippen LogP contribution in [-0.2, 0) is 6.54 Å². The second kappa shape index (κ2) is 10.7. The third-order valence-electron chi connectivity index (χ3n) is 6.47. The molecule has 1 fully saturated rings. The minimum atomic E-state index is 0.314. The molecule has 0 spiro atoms. The Kier molecular flexibility index (Phi) is 7.46. The molecular weight excluding hydrogens is 396 g/mol. The number of methoxy groups -OCH3 is 1. The van der Waals surface area contributed by atoms with Gasteiger partial charge in [0, 0.05) is 38.1 Å². The molecule has 4 nitrogen and oxygen atoms in total. The average Bonchev–Trinajstić information content (AvgIpc) is 2.84. The molecule has 1 atom stereocenters. The zero-order valence-corrected chi connectivity index (χ0v) is 19.4. The Bertz CT molecular complexity index is 938. The fraction of sp³-hybridized carbons (Fsp3) is 0.357. The van der Waals surface area contributed by atoms with E-state index in [4.69, 9.17) is 9.47 Å². The minimum Gasteiger partial charge on any atom is -0.496 e. The first-order chi connectivity index (χ1) is 15.7. The lowest BCUT2D eigenvalue weighted by Gasteiger charge is -2.43. The first-order valence-corrected chi connectivity index (χ1v) is 11.5. The Hall–Kier alpha value is -2.82. The van der Waals surface area contributed by atoms with Gasteiger partial charge in [-0.1, -0.05) is 66.7 Å². The van der Waals surface area contributed by atoms with E-state index in [0.717, 1.165) is 43.2 Å². The molecule has 0 N–H and O–H groups in total. The molecule has 3 aromatic carbocycles. The number of benzene rings is 3. The molecule has 1 saturated heterocycles. The van der Waals surface area contributed by atoms with Crippen LogP contribution in [-0.4, -0.2) is 56.2 Å². The fourth-order valence-electron chi connectivity index (χ4n) is 4.83. The van der Waals surface area contributed by atoms with Gasteiger partial charge in [-0.05, 0) is 37.2 Å². The van der Waals surface area contributed by atoms with Gasteiger partial charge in [-0.3, -0.25) is 9.80 Å². The quantitative estimate of drug-likeness (QED) is 0.500. The van der Waals surface area contributed by atoms with Gasteiger partial charge in [-0.2, -0.15) is 0 Å². The first kappa shape index (κ1) is 22.4. The average molecular weight is 431 g/mol. The molecule has 1 aliphatic heterocycles. The van der Waals surface area contributed by atoms with Gasteiger partial charge in [-0.15, -0.1) is 0 Å². The summed E-state index contributed by atoms with van der Waals surface area (Å²) >= 11 is 0. The highest BCUT2D eigenvalue weighted by Crippen LogP contribution is 2.35. The highest BCUT2D eigenvalue weighted by Gasteiger charge is 2.33. The van der Waals surface area contributed by atoms with Crippen LogP contribution >= 0.6 is 0 Å². The number of rotatable bonds is 8. The van der Waals surface area contributed by atoms with Crippen molar-refractivity contribution in [3.05, 3.63) is 95.6 Å². The summed E-state index contributed by atoms with van der Waals surface area (Å²) in [6.45, 7) is 6.52. The third-order valence-corrected chi connectivity index (χ3v) is 6.47. The molecule has 0 aromatic heterocycles. The summed E-state index contributed by atoms with van der Waals surface area (Å²) in [5.74, 6) is 2.13. The van der Waals surface area contributed by atoms with E-state index >= 15 is 0 Å². The highest BCUT2D eigenvalue weighted by atomic mass is 16.5. The number of piperazine rings is 1. The van der Waals surface area contributed by atoms with Gasteiger partial charge < -0.3 is 9.47 Å². The number of ether oxygens (including phenoxy) is 2. The maximum atomic E-state index is 5.94. The van der Waals surface area contributed by atoms with Gasteiger partial charge in [0.05, 0.1) is 19.3 Å². The molecule has 1 aliphatic rings. The molecule has 1 unspecified atom stereocenters. The van der Waals surface area contributed by atoms with Gasteiger partial charge in [0.1, 0.15) is 11.5 Å². The standard InChI is InChI=1S/C28H34N2O2/c1-4-32-27-17-11-16-26(31-3)24(27)20-30-19-18-29(2)25(21-30)28(22-12-7-5-8-13-22)23-14-9-6-10-15-23/h5-17,25,28H,4,18-21H2,1-3H3. The largest absolute Gasteiger partial charge is 0.496 e. The van der Waals surface area contributed by atoms with Crippen molar-refractivity contribution in [1.29, 1.82) is 0 Å². The Morgan fingerprint density at radius 1 is 0.844 bits per heavy atom. The predicted octanol–water partition coefficient (Wildman–Crippen LogP) is 5.04. The summed E-state index contributed by atoms with van der Waals surface area (Å²) in [4.78, 5) is 5.07. The van der Waals surface area contributed by atoms with Crippen molar-refractivity contribution in [3.63, 3.8) is 0 Å². The Balaban J connectivity index is 1.63. The van der Waals surface area contributed by atoms with Crippen LogP contribution in [0.25, 0.3) is 0 Å². The lowest BCUT2D eigenvalue weighted by atomic mass is 9.83. The highest BCUT2D eigenvalue weighted by molar-refractivity contribution is 5.45. The van der Waals surface area contributed by atoms with Crippen LogP contribution in [0.1, 0.15) is 29.5 Å². The smallest absolute Gasteiger partial charge is 0.127 e. The van der Waals surface area contributed by atoms with Crippen LogP contribution in [0, 0.1) is 0 Å². The van der Waals surface area contributed by atoms with E-state index in [-0.39, 0.29) is 0 Å². The molecule has 3 aromatic rings. The van der Waals surface area contributed by atoms with Gasteiger partial charge in [-0.25, -0.2) is 0 Å². The summed E-state index contributed by atoms with van der Waals surface area (Å²) in [6, 6.07) is 28.3. The van der Waals surface area contributed by atoms with Crippen LogP contribution in [0.3, 0.4) is 0 Å². The van der Waals surface area contributed by atoms with Gasteiger partial charge >= 0.3 is 0 Å². The van der Waals surface area contributed by atoms with E-state index in [0.29, 0.717) is 18.6 Å². The minimum absolute atomic E-state index is 0.314. The molecule has 0 radical (unpaired) electrons. The summed E-state index contributed by atoms with van der Waals surface area (Å²) in [5.41, 5.74) is 3.87.